The SMILES string of the molecule is Cc1cc(F)ccc1CCNc1ncncc1N. The van der Waals surface area contributed by atoms with E-state index < -0.39 is 0 Å². The third-order valence-corrected chi connectivity index (χ3v) is 2.73. The number of rotatable bonds is 4. The van der Waals surface area contributed by atoms with E-state index in [0.29, 0.717) is 18.1 Å². The van der Waals surface area contributed by atoms with E-state index in [9.17, 15) is 4.39 Å². The van der Waals surface area contributed by atoms with Gasteiger partial charge in [-0.15, -0.1) is 0 Å². The van der Waals surface area contributed by atoms with Gasteiger partial charge in [-0.25, -0.2) is 14.4 Å². The summed E-state index contributed by atoms with van der Waals surface area (Å²) in [5.41, 5.74) is 8.29. The number of nitrogen functional groups attached to an aromatic ring is 1. The summed E-state index contributed by atoms with van der Waals surface area (Å²) in [5, 5.41) is 3.13. The Bertz CT molecular complexity index is 542. The fraction of sp³-hybridized carbons (Fsp3) is 0.231. The lowest BCUT2D eigenvalue weighted by atomic mass is 10.1. The molecule has 4 nitrogen and oxygen atoms in total. The minimum Gasteiger partial charge on any atom is -0.394 e. The second kappa shape index (κ2) is 5.44. The number of aryl methyl sites for hydroxylation is 1. The van der Waals surface area contributed by atoms with E-state index in [1.54, 1.807) is 12.3 Å². The van der Waals surface area contributed by atoms with E-state index >= 15 is 0 Å². The van der Waals surface area contributed by atoms with Crippen molar-refractivity contribution >= 4 is 11.5 Å². The van der Waals surface area contributed by atoms with Crippen LogP contribution in [-0.2, 0) is 6.42 Å². The van der Waals surface area contributed by atoms with E-state index in [1.807, 2.05) is 6.92 Å². The summed E-state index contributed by atoms with van der Waals surface area (Å²) in [6, 6.07) is 4.81. The molecule has 3 N–H and O–H groups in total. The molecule has 0 radical (unpaired) electrons. The molecule has 1 aromatic carbocycles. The lowest BCUT2D eigenvalue weighted by Gasteiger charge is -2.09. The van der Waals surface area contributed by atoms with Crippen LogP contribution in [-0.4, -0.2) is 16.5 Å². The van der Waals surface area contributed by atoms with Crippen LogP contribution < -0.4 is 11.1 Å². The number of hydrogen-bond acceptors (Lipinski definition) is 4. The molecular weight excluding hydrogens is 231 g/mol. The van der Waals surface area contributed by atoms with E-state index in [0.717, 1.165) is 17.5 Å². The lowest BCUT2D eigenvalue weighted by Crippen LogP contribution is -2.09. The van der Waals surface area contributed by atoms with Gasteiger partial charge in [0.25, 0.3) is 0 Å². The zero-order chi connectivity index (χ0) is 13.0. The summed E-state index contributed by atoms with van der Waals surface area (Å²) in [6.45, 7) is 2.59. The summed E-state index contributed by atoms with van der Waals surface area (Å²) in [6.07, 6.45) is 3.79. The molecule has 0 spiro atoms. The molecule has 2 aromatic rings. The van der Waals surface area contributed by atoms with E-state index in [2.05, 4.69) is 15.3 Å². The average Bonchev–Trinajstić information content (AvgIpc) is 2.34. The molecule has 1 aromatic heterocycles. The first-order valence-electron chi connectivity index (χ1n) is 5.71. The number of hydrogen-bond donors (Lipinski definition) is 2. The van der Waals surface area contributed by atoms with Crippen LogP contribution in [0.4, 0.5) is 15.9 Å². The molecule has 18 heavy (non-hydrogen) atoms. The largest absolute Gasteiger partial charge is 0.394 e. The zero-order valence-corrected chi connectivity index (χ0v) is 10.2. The molecule has 0 bridgehead atoms. The van der Waals surface area contributed by atoms with E-state index in [-0.39, 0.29) is 5.82 Å². The van der Waals surface area contributed by atoms with Crippen molar-refractivity contribution in [1.29, 1.82) is 0 Å². The van der Waals surface area contributed by atoms with Crippen molar-refractivity contribution in [3.8, 4) is 0 Å². The van der Waals surface area contributed by atoms with Crippen LogP contribution in [0.2, 0.25) is 0 Å². The van der Waals surface area contributed by atoms with Gasteiger partial charge in [-0.3, -0.25) is 0 Å². The average molecular weight is 246 g/mol. The van der Waals surface area contributed by atoms with Gasteiger partial charge in [0.1, 0.15) is 12.1 Å². The van der Waals surface area contributed by atoms with Crippen molar-refractivity contribution in [2.24, 2.45) is 0 Å². The van der Waals surface area contributed by atoms with Crippen molar-refractivity contribution < 1.29 is 4.39 Å². The Morgan fingerprint density at radius 1 is 1.39 bits per heavy atom. The summed E-state index contributed by atoms with van der Waals surface area (Å²) in [7, 11) is 0. The molecule has 0 aliphatic rings. The van der Waals surface area contributed by atoms with Crippen LogP contribution in [0.3, 0.4) is 0 Å². The minimum absolute atomic E-state index is 0.204. The maximum atomic E-state index is 12.9. The number of anilines is 2. The van der Waals surface area contributed by atoms with Gasteiger partial charge >= 0.3 is 0 Å². The summed E-state index contributed by atoms with van der Waals surface area (Å²) in [4.78, 5) is 7.86. The van der Waals surface area contributed by atoms with E-state index in [4.69, 9.17) is 5.73 Å². The minimum atomic E-state index is -0.204. The number of nitrogens with two attached hydrogens (primary N) is 1. The second-order valence-electron chi connectivity index (χ2n) is 4.07. The van der Waals surface area contributed by atoms with Gasteiger partial charge in [0, 0.05) is 6.54 Å². The maximum absolute atomic E-state index is 12.9. The molecule has 0 saturated carbocycles. The highest BCUT2D eigenvalue weighted by Gasteiger charge is 2.02. The van der Waals surface area contributed by atoms with Gasteiger partial charge in [0.2, 0.25) is 0 Å². The third-order valence-electron chi connectivity index (χ3n) is 2.73. The van der Waals surface area contributed by atoms with Gasteiger partial charge in [-0.1, -0.05) is 6.07 Å². The quantitative estimate of drug-likeness (QED) is 0.867. The predicted molar refractivity (Wildman–Crippen MR) is 69.8 cm³/mol. The van der Waals surface area contributed by atoms with Crippen molar-refractivity contribution in [3.05, 3.63) is 47.7 Å². The number of nitrogens with zero attached hydrogens (tertiary/aromatic N) is 2. The lowest BCUT2D eigenvalue weighted by molar-refractivity contribution is 0.625. The highest BCUT2D eigenvalue weighted by atomic mass is 19.1. The molecule has 1 heterocycles. The Morgan fingerprint density at radius 3 is 2.94 bits per heavy atom. The maximum Gasteiger partial charge on any atom is 0.152 e. The zero-order valence-electron chi connectivity index (χ0n) is 10.2. The molecule has 5 heteroatoms. The van der Waals surface area contributed by atoms with Gasteiger partial charge in [0.05, 0.1) is 11.9 Å². The van der Waals surface area contributed by atoms with Crippen molar-refractivity contribution in [2.45, 2.75) is 13.3 Å². The summed E-state index contributed by atoms with van der Waals surface area (Å²) < 4.78 is 12.9. The molecule has 0 atom stereocenters. The number of aromatic nitrogens is 2. The fourth-order valence-corrected chi connectivity index (χ4v) is 1.74. The first-order chi connectivity index (χ1) is 8.66. The Hall–Kier alpha value is -2.17. The highest BCUT2D eigenvalue weighted by Crippen LogP contribution is 2.13. The molecule has 0 unspecified atom stereocenters. The Labute approximate surface area is 105 Å². The molecule has 2 rings (SSSR count). The van der Waals surface area contributed by atoms with Crippen LogP contribution in [0, 0.1) is 12.7 Å². The number of nitrogens with one attached hydrogen (secondary N) is 1. The molecule has 0 saturated heterocycles. The topological polar surface area (TPSA) is 63.8 Å². The fourth-order valence-electron chi connectivity index (χ4n) is 1.74. The van der Waals surface area contributed by atoms with E-state index in [1.165, 1.54) is 18.5 Å². The second-order valence-corrected chi connectivity index (χ2v) is 4.07. The number of halogens is 1. The van der Waals surface area contributed by atoms with Crippen LogP contribution in [0.15, 0.2) is 30.7 Å². The van der Waals surface area contributed by atoms with Gasteiger partial charge < -0.3 is 11.1 Å². The first kappa shape index (κ1) is 12.3. The monoisotopic (exact) mass is 246 g/mol. The van der Waals surface area contributed by atoms with Crippen LogP contribution in [0.1, 0.15) is 11.1 Å². The van der Waals surface area contributed by atoms with Crippen molar-refractivity contribution in [1.82, 2.24) is 9.97 Å². The van der Waals surface area contributed by atoms with Gasteiger partial charge in [0.15, 0.2) is 5.82 Å². The van der Waals surface area contributed by atoms with Crippen LogP contribution in [0.25, 0.3) is 0 Å². The molecule has 0 amide bonds. The number of benzene rings is 1. The Kier molecular flexibility index (Phi) is 3.72. The van der Waals surface area contributed by atoms with Crippen LogP contribution in [0.5, 0.6) is 0 Å². The molecular formula is C13H15FN4. The molecule has 94 valence electrons. The van der Waals surface area contributed by atoms with Crippen molar-refractivity contribution in [2.75, 3.05) is 17.6 Å². The van der Waals surface area contributed by atoms with Crippen LogP contribution >= 0.6 is 0 Å². The smallest absolute Gasteiger partial charge is 0.152 e. The third kappa shape index (κ3) is 2.94. The Balaban J connectivity index is 1.95. The van der Waals surface area contributed by atoms with Gasteiger partial charge in [-0.05, 0) is 36.6 Å². The molecule has 0 fully saturated rings. The normalized spacial score (nSPS) is 10.3. The Morgan fingerprint density at radius 2 is 2.22 bits per heavy atom. The summed E-state index contributed by atoms with van der Waals surface area (Å²) in [5.74, 6) is 0.425. The predicted octanol–water partition coefficient (Wildman–Crippen LogP) is 2.16. The first-order valence-corrected chi connectivity index (χ1v) is 5.71. The molecule has 0 aliphatic heterocycles. The molecule has 0 aliphatic carbocycles. The van der Waals surface area contributed by atoms with Crippen molar-refractivity contribution in [3.63, 3.8) is 0 Å². The summed E-state index contributed by atoms with van der Waals surface area (Å²) >= 11 is 0. The highest BCUT2D eigenvalue weighted by molar-refractivity contribution is 5.58. The van der Waals surface area contributed by atoms with Gasteiger partial charge in [-0.2, -0.15) is 0 Å². The standard InChI is InChI=1S/C13H15FN4/c1-9-6-11(14)3-2-10(9)4-5-17-13-12(15)7-16-8-18-13/h2-3,6-8H,4-5,15H2,1H3,(H,16,17,18).